The average Bonchev–Trinajstić information content (AvgIpc) is 2.46. The average molecular weight is 293 g/mol. The number of nitrogens with one attached hydrogen (secondary N) is 2. The van der Waals surface area contributed by atoms with Crippen LogP contribution in [0.1, 0.15) is 11.1 Å². The van der Waals surface area contributed by atoms with Crippen LogP contribution in [0.3, 0.4) is 0 Å². The third kappa shape index (κ3) is 3.29. The molecule has 2 aromatic rings. The molecule has 0 aromatic carbocycles. The van der Waals surface area contributed by atoms with E-state index in [4.69, 9.17) is 5.84 Å². The summed E-state index contributed by atoms with van der Waals surface area (Å²) in [5, 5.41) is 0. The molecule has 0 aliphatic rings. The van der Waals surface area contributed by atoms with Crippen molar-refractivity contribution in [1.82, 2.24) is 14.7 Å². The first-order valence-electron chi connectivity index (χ1n) is 5.85. The number of sulfonamides is 1. The van der Waals surface area contributed by atoms with Gasteiger partial charge in [0.15, 0.2) is 0 Å². The second-order valence-corrected chi connectivity index (χ2v) is 5.91. The van der Waals surface area contributed by atoms with Gasteiger partial charge in [-0.15, -0.1) is 0 Å². The SMILES string of the molecule is Cc1cnccc1CNS(=O)(=O)c1ccnc(NN)c1. The third-order valence-corrected chi connectivity index (χ3v) is 4.18. The number of hydrazine groups is 1. The standard InChI is InChI=1S/C12H15N5O2S/c1-9-7-14-4-2-10(9)8-16-20(18,19)11-3-5-15-12(6-11)17-13/h2-7,16H,8,13H2,1H3,(H,15,17). The third-order valence-electron chi connectivity index (χ3n) is 2.78. The first kappa shape index (κ1) is 14.4. The Hall–Kier alpha value is -2.03. The lowest BCUT2D eigenvalue weighted by Crippen LogP contribution is -2.24. The molecule has 0 aliphatic heterocycles. The summed E-state index contributed by atoms with van der Waals surface area (Å²) < 4.78 is 26.9. The van der Waals surface area contributed by atoms with Gasteiger partial charge in [-0.3, -0.25) is 4.98 Å². The van der Waals surface area contributed by atoms with Gasteiger partial charge in [-0.1, -0.05) is 0 Å². The van der Waals surface area contributed by atoms with Gasteiger partial charge in [0.05, 0.1) is 4.90 Å². The Morgan fingerprint density at radius 2 is 2.10 bits per heavy atom. The molecule has 0 aliphatic carbocycles. The number of nitrogens with zero attached hydrogens (tertiary/aromatic N) is 2. The first-order chi connectivity index (χ1) is 9.53. The molecular formula is C12H15N5O2S. The largest absolute Gasteiger partial charge is 0.308 e. The molecule has 0 amide bonds. The van der Waals surface area contributed by atoms with E-state index in [1.54, 1.807) is 18.5 Å². The normalized spacial score (nSPS) is 11.3. The predicted molar refractivity (Wildman–Crippen MR) is 75.0 cm³/mol. The molecule has 4 N–H and O–H groups in total. The van der Waals surface area contributed by atoms with E-state index < -0.39 is 10.0 Å². The molecule has 0 unspecified atom stereocenters. The lowest BCUT2D eigenvalue weighted by Gasteiger charge is -2.09. The molecule has 0 bridgehead atoms. The molecule has 0 saturated heterocycles. The van der Waals surface area contributed by atoms with Crippen LogP contribution in [0, 0.1) is 6.92 Å². The topological polar surface area (TPSA) is 110 Å². The summed E-state index contributed by atoms with van der Waals surface area (Å²) in [6, 6.07) is 4.54. The van der Waals surface area contributed by atoms with E-state index in [2.05, 4.69) is 20.1 Å². The molecule has 2 heterocycles. The quantitative estimate of drug-likeness (QED) is 0.548. The number of pyridine rings is 2. The molecule has 0 radical (unpaired) electrons. The van der Waals surface area contributed by atoms with Crippen molar-refractivity contribution in [1.29, 1.82) is 0 Å². The summed E-state index contributed by atoms with van der Waals surface area (Å²) in [6.45, 7) is 2.07. The molecular weight excluding hydrogens is 278 g/mol. The highest BCUT2D eigenvalue weighted by atomic mass is 32.2. The van der Waals surface area contributed by atoms with Crippen molar-refractivity contribution in [2.45, 2.75) is 18.4 Å². The van der Waals surface area contributed by atoms with Gasteiger partial charge in [0, 0.05) is 31.2 Å². The smallest absolute Gasteiger partial charge is 0.241 e. The van der Waals surface area contributed by atoms with Crippen molar-refractivity contribution in [3.05, 3.63) is 47.9 Å². The van der Waals surface area contributed by atoms with Crippen molar-refractivity contribution in [3.63, 3.8) is 0 Å². The minimum absolute atomic E-state index is 0.104. The summed E-state index contributed by atoms with van der Waals surface area (Å²) in [5.74, 6) is 5.50. The van der Waals surface area contributed by atoms with Crippen LogP contribution in [0.2, 0.25) is 0 Å². The van der Waals surface area contributed by atoms with Crippen molar-refractivity contribution >= 4 is 15.8 Å². The van der Waals surface area contributed by atoms with Crippen molar-refractivity contribution in [2.24, 2.45) is 5.84 Å². The summed E-state index contributed by atoms with van der Waals surface area (Å²) in [4.78, 5) is 7.93. The number of rotatable bonds is 5. The molecule has 20 heavy (non-hydrogen) atoms. The number of anilines is 1. The zero-order chi connectivity index (χ0) is 14.6. The molecule has 0 spiro atoms. The molecule has 2 aromatic heterocycles. The first-order valence-corrected chi connectivity index (χ1v) is 7.33. The van der Waals surface area contributed by atoms with Gasteiger partial charge in [0.25, 0.3) is 0 Å². The number of hydrogen-bond acceptors (Lipinski definition) is 6. The van der Waals surface area contributed by atoms with Gasteiger partial charge >= 0.3 is 0 Å². The van der Waals surface area contributed by atoms with E-state index in [1.807, 2.05) is 6.92 Å². The Bertz CT molecular complexity index is 702. The van der Waals surface area contributed by atoms with Crippen LogP contribution in [0.15, 0.2) is 41.7 Å². The summed E-state index contributed by atoms with van der Waals surface area (Å²) in [6.07, 6.45) is 4.69. The van der Waals surface area contributed by atoms with Gasteiger partial charge in [-0.05, 0) is 30.2 Å². The van der Waals surface area contributed by atoms with E-state index in [9.17, 15) is 8.42 Å². The number of hydrogen-bond donors (Lipinski definition) is 3. The Kier molecular flexibility index (Phi) is 4.28. The molecule has 0 atom stereocenters. The lowest BCUT2D eigenvalue weighted by atomic mass is 10.2. The van der Waals surface area contributed by atoms with Crippen molar-refractivity contribution in [3.8, 4) is 0 Å². The van der Waals surface area contributed by atoms with Crippen LogP contribution >= 0.6 is 0 Å². The van der Waals surface area contributed by atoms with Crippen molar-refractivity contribution < 1.29 is 8.42 Å². The highest BCUT2D eigenvalue weighted by molar-refractivity contribution is 7.89. The minimum atomic E-state index is -3.61. The second kappa shape index (κ2) is 5.95. The molecule has 106 valence electrons. The Morgan fingerprint density at radius 3 is 2.80 bits per heavy atom. The van der Waals surface area contributed by atoms with Crippen LogP contribution in [0.4, 0.5) is 5.82 Å². The fourth-order valence-electron chi connectivity index (χ4n) is 1.61. The molecule has 0 fully saturated rings. The number of nitrogen functional groups attached to an aromatic ring is 1. The van der Waals surface area contributed by atoms with Gasteiger partial charge < -0.3 is 5.43 Å². The van der Waals surface area contributed by atoms with Gasteiger partial charge in [-0.2, -0.15) is 0 Å². The van der Waals surface area contributed by atoms with Gasteiger partial charge in [-0.25, -0.2) is 24.0 Å². The molecule has 0 saturated carbocycles. The monoisotopic (exact) mass is 293 g/mol. The fourth-order valence-corrected chi connectivity index (χ4v) is 2.63. The molecule has 2 rings (SSSR count). The molecule has 7 nitrogen and oxygen atoms in total. The second-order valence-electron chi connectivity index (χ2n) is 4.15. The Balaban J connectivity index is 2.17. The number of aromatic nitrogens is 2. The number of aryl methyl sites for hydroxylation is 1. The molecule has 8 heteroatoms. The van der Waals surface area contributed by atoms with Crippen LogP contribution in [0.25, 0.3) is 0 Å². The van der Waals surface area contributed by atoms with E-state index in [-0.39, 0.29) is 17.3 Å². The van der Waals surface area contributed by atoms with E-state index in [1.165, 1.54) is 18.3 Å². The van der Waals surface area contributed by atoms with Crippen molar-refractivity contribution in [2.75, 3.05) is 5.43 Å². The van der Waals surface area contributed by atoms with Gasteiger partial charge in [0.1, 0.15) is 5.82 Å². The lowest BCUT2D eigenvalue weighted by molar-refractivity contribution is 0.581. The van der Waals surface area contributed by atoms with Gasteiger partial charge in [0.2, 0.25) is 10.0 Å². The Labute approximate surface area is 117 Å². The maximum absolute atomic E-state index is 12.2. The zero-order valence-corrected chi connectivity index (χ0v) is 11.7. The van der Waals surface area contributed by atoms with E-state index >= 15 is 0 Å². The number of nitrogens with two attached hydrogens (primary N) is 1. The Morgan fingerprint density at radius 1 is 1.30 bits per heavy atom. The van der Waals surface area contributed by atoms with Crippen LogP contribution in [0.5, 0.6) is 0 Å². The zero-order valence-electron chi connectivity index (χ0n) is 10.9. The maximum atomic E-state index is 12.2. The predicted octanol–water partition coefficient (Wildman–Crippen LogP) is 0.549. The highest BCUT2D eigenvalue weighted by Crippen LogP contribution is 2.13. The summed E-state index contributed by atoms with van der Waals surface area (Å²) in [5.41, 5.74) is 4.11. The van der Waals surface area contributed by atoms with E-state index in [0.29, 0.717) is 0 Å². The van der Waals surface area contributed by atoms with E-state index in [0.717, 1.165) is 11.1 Å². The summed E-state index contributed by atoms with van der Waals surface area (Å²) >= 11 is 0. The summed E-state index contributed by atoms with van der Waals surface area (Å²) in [7, 11) is -3.61. The van der Waals surface area contributed by atoms with Crippen LogP contribution in [-0.4, -0.2) is 18.4 Å². The maximum Gasteiger partial charge on any atom is 0.241 e. The van der Waals surface area contributed by atoms with Crippen LogP contribution < -0.4 is 16.0 Å². The fraction of sp³-hybridized carbons (Fsp3) is 0.167. The minimum Gasteiger partial charge on any atom is -0.308 e. The van der Waals surface area contributed by atoms with Crippen LogP contribution in [-0.2, 0) is 16.6 Å². The highest BCUT2D eigenvalue weighted by Gasteiger charge is 2.14.